The number of phenols is 2. The van der Waals surface area contributed by atoms with Gasteiger partial charge in [-0.25, -0.2) is 9.98 Å². The summed E-state index contributed by atoms with van der Waals surface area (Å²) in [5.74, 6) is 0.390. The van der Waals surface area contributed by atoms with Crippen LogP contribution >= 0.6 is 11.3 Å². The average Bonchev–Trinajstić information content (AvgIpc) is 2.86. The van der Waals surface area contributed by atoms with Gasteiger partial charge in [-0.15, -0.1) is 11.3 Å². The summed E-state index contributed by atoms with van der Waals surface area (Å²) >= 11 is 1.49. The zero-order valence-electron chi connectivity index (χ0n) is 12.2. The summed E-state index contributed by atoms with van der Waals surface area (Å²) in [6.07, 6.45) is 1.78. The van der Waals surface area contributed by atoms with Gasteiger partial charge in [0.2, 0.25) is 0 Å². The predicted molar refractivity (Wildman–Crippen MR) is 86.3 cm³/mol. The molecule has 0 unspecified atom stereocenters. The van der Waals surface area contributed by atoms with E-state index in [0.717, 1.165) is 21.6 Å². The Kier molecular flexibility index (Phi) is 3.68. The smallest absolute Gasteiger partial charge is 0.191 e. The predicted octanol–water partition coefficient (Wildman–Crippen LogP) is 3.10. The lowest BCUT2D eigenvalue weighted by molar-refractivity contribution is 0.404. The molecule has 22 heavy (non-hydrogen) atoms. The van der Waals surface area contributed by atoms with Crippen LogP contribution in [0.5, 0.6) is 11.5 Å². The molecule has 0 saturated heterocycles. The molecule has 112 valence electrons. The van der Waals surface area contributed by atoms with Crippen molar-refractivity contribution < 1.29 is 10.2 Å². The van der Waals surface area contributed by atoms with E-state index in [1.54, 1.807) is 12.3 Å². The molecule has 0 aliphatic heterocycles. The fraction of sp³-hybridized carbons (Fsp3) is 0.125. The van der Waals surface area contributed by atoms with Crippen LogP contribution in [0.1, 0.15) is 5.56 Å². The number of hydrogen-bond donors (Lipinski definition) is 2. The van der Waals surface area contributed by atoms with Crippen molar-refractivity contribution >= 4 is 17.2 Å². The van der Waals surface area contributed by atoms with Crippen LogP contribution in [0.25, 0.3) is 11.3 Å². The van der Waals surface area contributed by atoms with Gasteiger partial charge in [0.05, 0.1) is 5.69 Å². The van der Waals surface area contributed by atoms with Crippen LogP contribution in [0.2, 0.25) is 0 Å². The second-order valence-electron chi connectivity index (χ2n) is 4.97. The Balaban J connectivity index is 2.04. The Morgan fingerprint density at radius 3 is 2.64 bits per heavy atom. The molecule has 2 N–H and O–H groups in total. The van der Waals surface area contributed by atoms with E-state index in [0.29, 0.717) is 5.82 Å². The maximum atomic E-state index is 9.63. The number of aromatic hydroxyl groups is 2. The fourth-order valence-electron chi connectivity index (χ4n) is 2.04. The van der Waals surface area contributed by atoms with Crippen molar-refractivity contribution in [2.75, 3.05) is 0 Å². The Morgan fingerprint density at radius 1 is 1.14 bits per heavy atom. The molecule has 0 radical (unpaired) electrons. The summed E-state index contributed by atoms with van der Waals surface area (Å²) in [6, 6.07) is 8.61. The fourth-order valence-corrected chi connectivity index (χ4v) is 2.95. The van der Waals surface area contributed by atoms with Gasteiger partial charge < -0.3 is 14.8 Å². The van der Waals surface area contributed by atoms with Crippen molar-refractivity contribution in [1.29, 1.82) is 0 Å². The topological polar surface area (TPSA) is 70.6 Å². The summed E-state index contributed by atoms with van der Waals surface area (Å²) in [6.45, 7) is 1.98. The highest BCUT2D eigenvalue weighted by molar-refractivity contribution is 7.07. The number of nitrogens with zero attached hydrogens (tertiary/aromatic N) is 3. The zero-order chi connectivity index (χ0) is 15.7. The second-order valence-corrected chi connectivity index (χ2v) is 5.81. The third-order valence-electron chi connectivity index (χ3n) is 3.30. The third kappa shape index (κ3) is 2.73. The number of benzene rings is 1. The molecule has 1 aromatic carbocycles. The molecule has 5 nitrogen and oxygen atoms in total. The molecule has 0 atom stereocenters. The lowest BCUT2D eigenvalue weighted by Crippen LogP contribution is -2.11. The molecule has 0 spiro atoms. The van der Waals surface area contributed by atoms with Crippen molar-refractivity contribution in [3.8, 4) is 22.8 Å². The Morgan fingerprint density at radius 2 is 1.95 bits per heavy atom. The minimum Gasteiger partial charge on any atom is -0.504 e. The quantitative estimate of drug-likeness (QED) is 0.714. The minimum absolute atomic E-state index is 0.129. The molecule has 0 saturated carbocycles. The first-order chi connectivity index (χ1) is 10.5. The Labute approximate surface area is 131 Å². The summed E-state index contributed by atoms with van der Waals surface area (Å²) in [5.41, 5.74) is 2.81. The van der Waals surface area contributed by atoms with Crippen LogP contribution < -0.4 is 4.80 Å². The molecule has 0 aliphatic carbocycles. The van der Waals surface area contributed by atoms with Gasteiger partial charge in [-0.1, -0.05) is 6.07 Å². The van der Waals surface area contributed by atoms with E-state index >= 15 is 0 Å². The molecule has 0 amide bonds. The van der Waals surface area contributed by atoms with Gasteiger partial charge in [-0.3, -0.25) is 0 Å². The Bertz CT molecular complexity index is 879. The normalized spacial score (nSPS) is 11.8. The molecule has 0 fully saturated rings. The number of rotatable bonds is 2. The van der Waals surface area contributed by atoms with Gasteiger partial charge in [0.25, 0.3) is 0 Å². The lowest BCUT2D eigenvalue weighted by Gasteiger charge is -2.04. The number of aromatic nitrogens is 2. The van der Waals surface area contributed by atoms with Gasteiger partial charge in [0, 0.05) is 24.2 Å². The van der Waals surface area contributed by atoms with Crippen molar-refractivity contribution in [1.82, 2.24) is 9.55 Å². The number of pyridine rings is 1. The van der Waals surface area contributed by atoms with Crippen LogP contribution in [0.3, 0.4) is 0 Å². The van der Waals surface area contributed by atoms with Crippen molar-refractivity contribution in [3.05, 3.63) is 52.3 Å². The highest BCUT2D eigenvalue weighted by Crippen LogP contribution is 2.30. The summed E-state index contributed by atoms with van der Waals surface area (Å²) in [7, 11) is 1.91. The Hall–Kier alpha value is -2.60. The van der Waals surface area contributed by atoms with Crippen LogP contribution in [-0.4, -0.2) is 19.8 Å². The molecule has 3 aromatic rings. The highest BCUT2D eigenvalue weighted by Gasteiger charge is 2.08. The first-order valence-corrected chi connectivity index (χ1v) is 7.57. The van der Waals surface area contributed by atoms with Gasteiger partial charge in [-0.2, -0.15) is 0 Å². The third-order valence-corrected chi connectivity index (χ3v) is 4.22. The lowest BCUT2D eigenvalue weighted by atomic mass is 10.1. The zero-order valence-corrected chi connectivity index (χ0v) is 13.0. The SMILES string of the molecule is Cc1ccc(N=c2scc(-c3ccc(O)c(O)c3)n2C)nc1. The van der Waals surface area contributed by atoms with Crippen LogP contribution in [0, 0.1) is 6.92 Å². The standard InChI is InChI=1S/C16H15N3O2S/c1-10-3-6-15(17-8-10)18-16-19(2)12(9-22-16)11-4-5-13(20)14(21)7-11/h3-9,20-21H,1-2H3. The van der Waals surface area contributed by atoms with E-state index in [4.69, 9.17) is 0 Å². The number of hydrogen-bond acceptors (Lipinski definition) is 5. The van der Waals surface area contributed by atoms with E-state index in [1.807, 2.05) is 36.1 Å². The van der Waals surface area contributed by atoms with Crippen LogP contribution in [-0.2, 0) is 7.05 Å². The highest BCUT2D eigenvalue weighted by atomic mass is 32.1. The van der Waals surface area contributed by atoms with Crippen molar-refractivity contribution in [2.24, 2.45) is 12.0 Å². The number of phenolic OH excluding ortho intramolecular Hbond substituents is 2. The average molecular weight is 313 g/mol. The van der Waals surface area contributed by atoms with Crippen LogP contribution in [0.15, 0.2) is 46.9 Å². The van der Waals surface area contributed by atoms with Gasteiger partial charge in [0.1, 0.15) is 0 Å². The van der Waals surface area contributed by atoms with Gasteiger partial charge in [0.15, 0.2) is 22.1 Å². The van der Waals surface area contributed by atoms with Crippen molar-refractivity contribution in [2.45, 2.75) is 6.92 Å². The van der Waals surface area contributed by atoms with E-state index in [2.05, 4.69) is 9.98 Å². The second kappa shape index (κ2) is 5.65. The van der Waals surface area contributed by atoms with E-state index in [-0.39, 0.29) is 11.5 Å². The summed E-state index contributed by atoms with van der Waals surface area (Å²) in [5, 5.41) is 21.0. The van der Waals surface area contributed by atoms with Gasteiger partial charge >= 0.3 is 0 Å². The molecule has 0 bridgehead atoms. The molecule has 2 heterocycles. The molecule has 2 aromatic heterocycles. The van der Waals surface area contributed by atoms with Crippen molar-refractivity contribution in [3.63, 3.8) is 0 Å². The molecule has 0 aliphatic rings. The van der Waals surface area contributed by atoms with Gasteiger partial charge in [-0.05, 0) is 36.8 Å². The molecule has 6 heteroatoms. The largest absolute Gasteiger partial charge is 0.504 e. The van der Waals surface area contributed by atoms with E-state index in [9.17, 15) is 10.2 Å². The monoisotopic (exact) mass is 313 g/mol. The first-order valence-electron chi connectivity index (χ1n) is 6.69. The van der Waals surface area contributed by atoms with E-state index < -0.39 is 0 Å². The minimum atomic E-state index is -0.137. The summed E-state index contributed by atoms with van der Waals surface area (Å²) < 4.78 is 1.93. The van der Waals surface area contributed by atoms with Crippen LogP contribution in [0.4, 0.5) is 5.82 Å². The molecular weight excluding hydrogens is 298 g/mol. The molecular formula is C16H15N3O2S. The maximum Gasteiger partial charge on any atom is 0.191 e. The number of aryl methyl sites for hydroxylation is 1. The molecule has 3 rings (SSSR count). The first kappa shape index (κ1) is 14.3. The van der Waals surface area contributed by atoms with E-state index in [1.165, 1.54) is 23.5 Å². The summed E-state index contributed by atoms with van der Waals surface area (Å²) in [4.78, 5) is 9.61. The number of thiazole rings is 1. The maximum absolute atomic E-state index is 9.63.